The Morgan fingerprint density at radius 1 is 1.38 bits per heavy atom. The molecule has 2 unspecified atom stereocenters. The van der Waals surface area contributed by atoms with Crippen LogP contribution in [0.3, 0.4) is 0 Å². The second-order valence-corrected chi connectivity index (χ2v) is 5.67. The Kier molecular flexibility index (Phi) is 7.45. The van der Waals surface area contributed by atoms with Gasteiger partial charge in [-0.05, 0) is 31.7 Å². The van der Waals surface area contributed by atoms with Crippen LogP contribution >= 0.6 is 11.8 Å². The molecule has 0 aromatic heterocycles. The number of carbonyl (C=O) groups is 1. The largest absolute Gasteiger partial charge is 0.395 e. The van der Waals surface area contributed by atoms with Gasteiger partial charge in [0.2, 0.25) is 0 Å². The maximum absolute atomic E-state index is 13.4. The van der Waals surface area contributed by atoms with Crippen LogP contribution in [0.2, 0.25) is 0 Å². The Labute approximate surface area is 127 Å². The molecule has 0 spiro atoms. The lowest BCUT2D eigenvalue weighted by molar-refractivity contribution is 0.232. The summed E-state index contributed by atoms with van der Waals surface area (Å²) in [6, 6.07) is 3.03. The van der Waals surface area contributed by atoms with E-state index in [1.165, 1.54) is 30.0 Å². The van der Waals surface area contributed by atoms with Crippen molar-refractivity contribution in [2.45, 2.75) is 24.6 Å². The minimum Gasteiger partial charge on any atom is -0.395 e. The van der Waals surface area contributed by atoms with Crippen LogP contribution in [0, 0.1) is 11.6 Å². The normalized spacial score (nSPS) is 13.6. The number of aliphatic hydroxyl groups is 1. The van der Waals surface area contributed by atoms with Gasteiger partial charge in [-0.2, -0.15) is 11.8 Å². The van der Waals surface area contributed by atoms with Crippen LogP contribution in [0.4, 0.5) is 13.6 Å². The Morgan fingerprint density at radius 2 is 2.00 bits per heavy atom. The summed E-state index contributed by atoms with van der Waals surface area (Å²) in [6.45, 7) is 1.87. The fourth-order valence-electron chi connectivity index (χ4n) is 1.86. The van der Waals surface area contributed by atoms with E-state index < -0.39 is 17.7 Å². The number of nitrogens with one attached hydrogen (secondary N) is 2. The molecule has 21 heavy (non-hydrogen) atoms. The zero-order valence-electron chi connectivity index (χ0n) is 12.0. The third kappa shape index (κ3) is 5.51. The molecule has 4 nitrogen and oxygen atoms in total. The number of amides is 2. The number of benzene rings is 1. The summed E-state index contributed by atoms with van der Waals surface area (Å²) < 4.78 is 26.8. The lowest BCUT2D eigenvalue weighted by Gasteiger charge is -2.21. The van der Waals surface area contributed by atoms with Gasteiger partial charge in [-0.25, -0.2) is 13.6 Å². The van der Waals surface area contributed by atoms with E-state index in [1.807, 2.05) is 6.26 Å². The van der Waals surface area contributed by atoms with E-state index in [2.05, 4.69) is 10.6 Å². The van der Waals surface area contributed by atoms with E-state index in [0.717, 1.165) is 0 Å². The van der Waals surface area contributed by atoms with Gasteiger partial charge in [0.15, 0.2) is 0 Å². The molecule has 2 atom stereocenters. The predicted molar refractivity (Wildman–Crippen MR) is 80.4 cm³/mol. The van der Waals surface area contributed by atoms with Gasteiger partial charge in [-0.1, -0.05) is 6.07 Å². The van der Waals surface area contributed by atoms with Gasteiger partial charge >= 0.3 is 6.03 Å². The van der Waals surface area contributed by atoms with Gasteiger partial charge in [0.05, 0.1) is 6.61 Å². The lowest BCUT2D eigenvalue weighted by atomic mass is 10.1. The average molecular weight is 318 g/mol. The molecule has 0 radical (unpaired) electrons. The zero-order chi connectivity index (χ0) is 15.8. The highest BCUT2D eigenvalue weighted by molar-refractivity contribution is 7.99. The van der Waals surface area contributed by atoms with E-state index in [9.17, 15) is 13.6 Å². The Bertz CT molecular complexity index is 450. The summed E-state index contributed by atoms with van der Waals surface area (Å²) in [5, 5.41) is 14.2. The van der Waals surface area contributed by atoms with Gasteiger partial charge in [-0.15, -0.1) is 0 Å². The first kappa shape index (κ1) is 17.7. The molecule has 3 N–H and O–H groups in total. The van der Waals surface area contributed by atoms with Crippen LogP contribution in [0.5, 0.6) is 0 Å². The van der Waals surface area contributed by atoms with Crippen molar-refractivity contribution >= 4 is 17.8 Å². The molecule has 2 amide bonds. The third-order valence-corrected chi connectivity index (χ3v) is 4.28. The van der Waals surface area contributed by atoms with Crippen molar-refractivity contribution in [1.29, 1.82) is 0 Å². The molecule has 118 valence electrons. The average Bonchev–Trinajstić information content (AvgIpc) is 2.43. The highest BCUT2D eigenvalue weighted by Crippen LogP contribution is 2.12. The zero-order valence-corrected chi connectivity index (χ0v) is 12.8. The molecule has 1 aromatic carbocycles. The molecule has 0 fully saturated rings. The highest BCUT2D eigenvalue weighted by atomic mass is 32.2. The minimum absolute atomic E-state index is 0.0386. The summed E-state index contributed by atoms with van der Waals surface area (Å²) in [7, 11) is 0. The summed E-state index contributed by atoms with van der Waals surface area (Å²) in [4.78, 5) is 11.6. The van der Waals surface area contributed by atoms with Gasteiger partial charge in [0.1, 0.15) is 11.6 Å². The summed E-state index contributed by atoms with van der Waals surface area (Å²) in [5.74, 6) is -1.23. The molecule has 0 heterocycles. The lowest BCUT2D eigenvalue weighted by Crippen LogP contribution is -2.46. The van der Waals surface area contributed by atoms with Crippen molar-refractivity contribution < 1.29 is 18.7 Å². The van der Waals surface area contributed by atoms with Crippen LogP contribution in [0.1, 0.15) is 12.5 Å². The summed E-state index contributed by atoms with van der Waals surface area (Å²) >= 11 is 1.45. The topological polar surface area (TPSA) is 61.4 Å². The number of urea groups is 1. The van der Waals surface area contributed by atoms with E-state index >= 15 is 0 Å². The molecule has 0 bridgehead atoms. The first-order valence-electron chi connectivity index (χ1n) is 6.60. The van der Waals surface area contributed by atoms with Crippen molar-refractivity contribution in [2.24, 2.45) is 0 Å². The number of carbonyl (C=O) groups excluding carboxylic acids is 1. The van der Waals surface area contributed by atoms with Crippen molar-refractivity contribution in [3.05, 3.63) is 35.4 Å². The molecule has 1 aromatic rings. The van der Waals surface area contributed by atoms with Gasteiger partial charge in [-0.3, -0.25) is 0 Å². The fourth-order valence-corrected chi connectivity index (χ4v) is 2.49. The van der Waals surface area contributed by atoms with Crippen molar-refractivity contribution in [2.75, 3.05) is 19.4 Å². The molecule has 0 aliphatic heterocycles. The Balaban J connectivity index is 2.40. The van der Waals surface area contributed by atoms with Crippen LogP contribution in [-0.2, 0) is 6.42 Å². The predicted octanol–water partition coefficient (Wildman–Crippen LogP) is 1.92. The minimum atomic E-state index is -0.617. The third-order valence-electron chi connectivity index (χ3n) is 3.12. The molecule has 1 rings (SSSR count). The van der Waals surface area contributed by atoms with E-state index in [0.29, 0.717) is 0 Å². The summed E-state index contributed by atoms with van der Waals surface area (Å²) in [5.41, 5.74) is -0.0387. The van der Waals surface area contributed by atoms with Crippen molar-refractivity contribution in [1.82, 2.24) is 10.6 Å². The highest BCUT2D eigenvalue weighted by Gasteiger charge is 2.17. The molecule has 0 saturated carbocycles. The standard InChI is InChI=1S/C14H20F2N2O2S/c1-9(13(8-19)21-2)18-14(20)17-7-6-10-11(15)4-3-5-12(10)16/h3-5,9,13,19H,6-8H2,1-2H3,(H2,17,18,20). The fraction of sp³-hybridized carbons (Fsp3) is 0.500. The smallest absolute Gasteiger partial charge is 0.315 e. The first-order valence-corrected chi connectivity index (χ1v) is 7.89. The Morgan fingerprint density at radius 3 is 2.52 bits per heavy atom. The van der Waals surface area contributed by atoms with E-state index in [-0.39, 0.29) is 36.4 Å². The molecule has 0 aliphatic carbocycles. The maximum atomic E-state index is 13.4. The maximum Gasteiger partial charge on any atom is 0.315 e. The van der Waals surface area contributed by atoms with Gasteiger partial charge in [0, 0.05) is 23.4 Å². The monoisotopic (exact) mass is 318 g/mol. The van der Waals surface area contributed by atoms with E-state index in [1.54, 1.807) is 6.92 Å². The number of thioether (sulfide) groups is 1. The Hall–Kier alpha value is -1.34. The summed E-state index contributed by atoms with van der Waals surface area (Å²) in [6.07, 6.45) is 1.92. The first-order chi connectivity index (χ1) is 9.99. The second kappa shape index (κ2) is 8.84. The van der Waals surface area contributed by atoms with E-state index in [4.69, 9.17) is 5.11 Å². The number of hydrogen-bond acceptors (Lipinski definition) is 3. The molecular weight excluding hydrogens is 298 g/mol. The van der Waals surface area contributed by atoms with Crippen molar-refractivity contribution in [3.63, 3.8) is 0 Å². The molecular formula is C14H20F2N2O2S. The number of hydrogen-bond donors (Lipinski definition) is 3. The molecule has 0 saturated heterocycles. The number of aliphatic hydroxyl groups excluding tert-OH is 1. The number of halogens is 2. The SMILES string of the molecule is CSC(CO)C(C)NC(=O)NCCc1c(F)cccc1F. The quantitative estimate of drug-likeness (QED) is 0.720. The second-order valence-electron chi connectivity index (χ2n) is 4.60. The van der Waals surface area contributed by atoms with Crippen molar-refractivity contribution in [3.8, 4) is 0 Å². The van der Waals surface area contributed by atoms with Crippen LogP contribution in [0.15, 0.2) is 18.2 Å². The van der Waals surface area contributed by atoms with Crippen LogP contribution < -0.4 is 10.6 Å². The van der Waals surface area contributed by atoms with Gasteiger partial charge in [0.25, 0.3) is 0 Å². The molecule has 0 aliphatic rings. The van der Waals surface area contributed by atoms with Gasteiger partial charge < -0.3 is 15.7 Å². The van der Waals surface area contributed by atoms with Crippen LogP contribution in [0.25, 0.3) is 0 Å². The van der Waals surface area contributed by atoms with Crippen LogP contribution in [-0.4, -0.2) is 41.8 Å². The molecule has 7 heteroatoms. The number of rotatable bonds is 7.